The van der Waals surface area contributed by atoms with Crippen LogP contribution in [0.1, 0.15) is 23.2 Å². The zero-order chi connectivity index (χ0) is 13.7. The predicted octanol–water partition coefficient (Wildman–Crippen LogP) is 2.57. The molecule has 0 radical (unpaired) electrons. The quantitative estimate of drug-likeness (QED) is 0.777. The molecule has 0 unspecified atom stereocenters. The van der Waals surface area contributed by atoms with Gasteiger partial charge in [0.15, 0.2) is 11.5 Å². The van der Waals surface area contributed by atoms with Gasteiger partial charge in [-0.15, -0.1) is 0 Å². The highest BCUT2D eigenvalue weighted by atomic mass is 19.1. The van der Waals surface area contributed by atoms with Crippen LogP contribution in [0.3, 0.4) is 0 Å². The first-order chi connectivity index (χ1) is 9.19. The Morgan fingerprint density at radius 2 is 2.11 bits per heavy atom. The number of carbonyl (C=O) groups is 1. The molecule has 0 saturated carbocycles. The number of hydrogen-bond acceptors (Lipinski definition) is 5. The summed E-state index contributed by atoms with van der Waals surface area (Å²) >= 11 is 0. The Morgan fingerprint density at radius 1 is 1.37 bits per heavy atom. The maximum absolute atomic E-state index is 12.7. The molecule has 0 aliphatic carbocycles. The SMILES string of the molecule is CCOC(=O)c1cc(COc2ccc(F)cc2)on1. The molecule has 100 valence electrons. The highest BCUT2D eigenvalue weighted by Crippen LogP contribution is 2.14. The van der Waals surface area contributed by atoms with Gasteiger partial charge in [0.2, 0.25) is 0 Å². The molecular weight excluding hydrogens is 253 g/mol. The maximum atomic E-state index is 12.7. The van der Waals surface area contributed by atoms with Gasteiger partial charge in [-0.2, -0.15) is 0 Å². The van der Waals surface area contributed by atoms with Crippen molar-refractivity contribution < 1.29 is 23.2 Å². The molecule has 0 bridgehead atoms. The van der Waals surface area contributed by atoms with Gasteiger partial charge in [-0.3, -0.25) is 0 Å². The Kier molecular flexibility index (Phi) is 4.12. The van der Waals surface area contributed by atoms with Gasteiger partial charge < -0.3 is 14.0 Å². The number of rotatable bonds is 5. The van der Waals surface area contributed by atoms with Crippen molar-refractivity contribution in [2.24, 2.45) is 0 Å². The molecule has 0 N–H and O–H groups in total. The van der Waals surface area contributed by atoms with Crippen LogP contribution in [0.5, 0.6) is 5.75 Å². The van der Waals surface area contributed by atoms with E-state index in [0.717, 1.165) is 0 Å². The van der Waals surface area contributed by atoms with E-state index in [-0.39, 0.29) is 24.7 Å². The number of nitrogens with zero attached hydrogens (tertiary/aromatic N) is 1. The number of aromatic nitrogens is 1. The van der Waals surface area contributed by atoms with Crippen LogP contribution in [-0.4, -0.2) is 17.7 Å². The number of hydrogen-bond donors (Lipinski definition) is 0. The summed E-state index contributed by atoms with van der Waals surface area (Å²) in [5, 5.41) is 3.57. The molecule has 6 heteroatoms. The number of esters is 1. The van der Waals surface area contributed by atoms with Crippen molar-refractivity contribution in [3.8, 4) is 5.75 Å². The molecule has 1 aromatic heterocycles. The monoisotopic (exact) mass is 265 g/mol. The molecule has 0 aliphatic heterocycles. The van der Waals surface area contributed by atoms with Crippen LogP contribution in [-0.2, 0) is 11.3 Å². The first-order valence-corrected chi connectivity index (χ1v) is 5.70. The second-order valence-corrected chi connectivity index (χ2v) is 3.64. The largest absolute Gasteiger partial charge is 0.486 e. The van der Waals surface area contributed by atoms with E-state index in [9.17, 15) is 9.18 Å². The van der Waals surface area contributed by atoms with Gasteiger partial charge in [-0.25, -0.2) is 9.18 Å². The Hall–Kier alpha value is -2.37. The molecule has 0 amide bonds. The van der Waals surface area contributed by atoms with E-state index in [4.69, 9.17) is 14.0 Å². The summed E-state index contributed by atoms with van der Waals surface area (Å²) in [6.45, 7) is 2.07. The lowest BCUT2D eigenvalue weighted by molar-refractivity contribution is 0.0514. The summed E-state index contributed by atoms with van der Waals surface area (Å²) in [4.78, 5) is 11.3. The Bertz CT molecular complexity index is 550. The van der Waals surface area contributed by atoms with E-state index in [1.54, 1.807) is 6.92 Å². The summed E-state index contributed by atoms with van der Waals surface area (Å²) in [7, 11) is 0. The van der Waals surface area contributed by atoms with Gasteiger partial charge in [-0.05, 0) is 31.2 Å². The van der Waals surface area contributed by atoms with Crippen molar-refractivity contribution in [2.45, 2.75) is 13.5 Å². The third kappa shape index (κ3) is 3.54. The molecule has 19 heavy (non-hydrogen) atoms. The number of carbonyl (C=O) groups excluding carboxylic acids is 1. The van der Waals surface area contributed by atoms with Crippen molar-refractivity contribution in [3.05, 3.63) is 47.6 Å². The van der Waals surface area contributed by atoms with Crippen LogP contribution in [0.4, 0.5) is 4.39 Å². The average Bonchev–Trinajstić information content (AvgIpc) is 2.87. The minimum Gasteiger partial charge on any atom is -0.486 e. The smallest absolute Gasteiger partial charge is 0.360 e. The first kappa shape index (κ1) is 13.1. The van der Waals surface area contributed by atoms with Crippen molar-refractivity contribution in [1.82, 2.24) is 5.16 Å². The lowest BCUT2D eigenvalue weighted by Crippen LogP contribution is -2.04. The van der Waals surface area contributed by atoms with Gasteiger partial charge in [0, 0.05) is 6.07 Å². The third-order valence-corrected chi connectivity index (χ3v) is 2.24. The first-order valence-electron chi connectivity index (χ1n) is 5.70. The summed E-state index contributed by atoms with van der Waals surface area (Å²) in [6.07, 6.45) is 0. The normalized spacial score (nSPS) is 10.2. The maximum Gasteiger partial charge on any atom is 0.360 e. The minimum atomic E-state index is -0.542. The van der Waals surface area contributed by atoms with E-state index in [0.29, 0.717) is 11.5 Å². The van der Waals surface area contributed by atoms with Gasteiger partial charge in [-0.1, -0.05) is 5.16 Å². The van der Waals surface area contributed by atoms with Crippen LogP contribution >= 0.6 is 0 Å². The Balaban J connectivity index is 1.93. The molecule has 0 saturated heterocycles. The van der Waals surface area contributed by atoms with Crippen molar-refractivity contribution in [1.29, 1.82) is 0 Å². The minimum absolute atomic E-state index is 0.0953. The van der Waals surface area contributed by atoms with Crippen LogP contribution in [0.2, 0.25) is 0 Å². The zero-order valence-corrected chi connectivity index (χ0v) is 10.3. The van der Waals surface area contributed by atoms with E-state index in [2.05, 4.69) is 5.16 Å². The fourth-order valence-electron chi connectivity index (χ4n) is 1.37. The fourth-order valence-corrected chi connectivity index (χ4v) is 1.37. The molecule has 1 aromatic carbocycles. The summed E-state index contributed by atoms with van der Waals surface area (Å²) in [5.41, 5.74) is 0.0968. The lowest BCUT2D eigenvalue weighted by Gasteiger charge is -2.02. The predicted molar refractivity (Wildman–Crippen MR) is 63.2 cm³/mol. The van der Waals surface area contributed by atoms with E-state index >= 15 is 0 Å². The molecule has 2 rings (SSSR count). The van der Waals surface area contributed by atoms with Gasteiger partial charge in [0.05, 0.1) is 6.61 Å². The van der Waals surface area contributed by atoms with Crippen LogP contribution in [0.15, 0.2) is 34.9 Å². The Morgan fingerprint density at radius 3 is 2.79 bits per heavy atom. The molecule has 2 aromatic rings. The molecule has 1 heterocycles. The average molecular weight is 265 g/mol. The number of benzene rings is 1. The molecule has 0 spiro atoms. The molecule has 0 fully saturated rings. The number of ether oxygens (including phenoxy) is 2. The van der Waals surface area contributed by atoms with E-state index in [1.165, 1.54) is 30.3 Å². The van der Waals surface area contributed by atoms with Crippen LogP contribution in [0.25, 0.3) is 0 Å². The number of halogens is 1. The zero-order valence-electron chi connectivity index (χ0n) is 10.3. The van der Waals surface area contributed by atoms with Gasteiger partial charge >= 0.3 is 5.97 Å². The second-order valence-electron chi connectivity index (χ2n) is 3.64. The van der Waals surface area contributed by atoms with Crippen molar-refractivity contribution >= 4 is 5.97 Å². The van der Waals surface area contributed by atoms with Crippen molar-refractivity contribution in [3.63, 3.8) is 0 Å². The van der Waals surface area contributed by atoms with Gasteiger partial charge in [0.1, 0.15) is 18.2 Å². The van der Waals surface area contributed by atoms with Crippen LogP contribution in [0, 0.1) is 5.82 Å². The van der Waals surface area contributed by atoms with E-state index < -0.39 is 5.97 Å². The highest BCUT2D eigenvalue weighted by molar-refractivity contribution is 5.87. The lowest BCUT2D eigenvalue weighted by atomic mass is 10.3. The van der Waals surface area contributed by atoms with E-state index in [1.807, 2.05) is 0 Å². The molecule has 0 aliphatic rings. The van der Waals surface area contributed by atoms with Crippen molar-refractivity contribution in [2.75, 3.05) is 6.61 Å². The van der Waals surface area contributed by atoms with Crippen LogP contribution < -0.4 is 4.74 Å². The molecule has 0 atom stereocenters. The fraction of sp³-hybridized carbons (Fsp3) is 0.231. The second kappa shape index (κ2) is 5.99. The van der Waals surface area contributed by atoms with Gasteiger partial charge in [0.25, 0.3) is 0 Å². The Labute approximate surface area is 108 Å². The summed E-state index contributed by atoms with van der Waals surface area (Å²) in [6, 6.07) is 7.02. The third-order valence-electron chi connectivity index (χ3n) is 2.24. The standard InChI is InChI=1S/C13H12FNO4/c1-2-17-13(16)12-7-11(19-15-12)8-18-10-5-3-9(14)4-6-10/h3-7H,2,8H2,1H3. The molecular formula is C13H12FNO4. The highest BCUT2D eigenvalue weighted by Gasteiger charge is 2.13. The molecule has 5 nitrogen and oxygen atoms in total. The summed E-state index contributed by atoms with van der Waals surface area (Å²) in [5.74, 6) is -0.00115. The topological polar surface area (TPSA) is 61.6 Å². The summed E-state index contributed by atoms with van der Waals surface area (Å²) < 4.78 is 27.7.